The van der Waals surface area contributed by atoms with Crippen LogP contribution in [0.1, 0.15) is 0 Å². The van der Waals surface area contributed by atoms with Gasteiger partial charge in [-0.05, 0) is 18.2 Å². The highest BCUT2D eigenvalue weighted by Crippen LogP contribution is 2.20. The average Bonchev–Trinajstić information content (AvgIpc) is 2.60. The van der Waals surface area contributed by atoms with E-state index >= 15 is 0 Å². The minimum absolute atomic E-state index is 0.190. The van der Waals surface area contributed by atoms with E-state index in [9.17, 15) is 9.59 Å². The number of anilines is 1. The van der Waals surface area contributed by atoms with E-state index in [4.69, 9.17) is 11.6 Å². The Morgan fingerprint density at radius 1 is 1.00 bits per heavy atom. The van der Waals surface area contributed by atoms with Crippen molar-refractivity contribution in [3.63, 3.8) is 0 Å². The van der Waals surface area contributed by atoms with Crippen LogP contribution in [0.3, 0.4) is 0 Å². The Hall–Kier alpha value is -2.92. The van der Waals surface area contributed by atoms with Gasteiger partial charge in [0, 0.05) is 11.6 Å². The van der Waals surface area contributed by atoms with Crippen molar-refractivity contribution in [3.8, 4) is 11.3 Å². The fourth-order valence-corrected chi connectivity index (χ4v) is 2.40. The van der Waals surface area contributed by atoms with Gasteiger partial charge in [-0.25, -0.2) is 4.68 Å². The molecular weight excluding hydrogens is 326 g/mol. The highest BCUT2D eigenvalue weighted by molar-refractivity contribution is 6.33. The first-order valence-corrected chi connectivity index (χ1v) is 7.69. The first kappa shape index (κ1) is 16.0. The van der Waals surface area contributed by atoms with Crippen LogP contribution >= 0.6 is 11.6 Å². The molecule has 1 aromatic heterocycles. The third-order valence-electron chi connectivity index (χ3n) is 3.38. The zero-order chi connectivity index (χ0) is 16.9. The third kappa shape index (κ3) is 3.70. The SMILES string of the molecule is O=C(Cn1nc(-c2ccccc2)ccc1=O)Nc1ccccc1Cl. The van der Waals surface area contributed by atoms with Gasteiger partial charge in [0.05, 0.1) is 16.4 Å². The summed E-state index contributed by atoms with van der Waals surface area (Å²) in [6.45, 7) is -0.190. The zero-order valence-corrected chi connectivity index (χ0v) is 13.4. The summed E-state index contributed by atoms with van der Waals surface area (Å²) < 4.78 is 1.13. The molecule has 1 N–H and O–H groups in total. The Kier molecular flexibility index (Phi) is 4.72. The van der Waals surface area contributed by atoms with Gasteiger partial charge in [-0.15, -0.1) is 0 Å². The first-order valence-electron chi connectivity index (χ1n) is 7.31. The Bertz CT molecular complexity index is 923. The summed E-state index contributed by atoms with van der Waals surface area (Å²) in [6, 6.07) is 19.4. The lowest BCUT2D eigenvalue weighted by Gasteiger charge is -2.09. The lowest BCUT2D eigenvalue weighted by molar-refractivity contribution is -0.117. The van der Waals surface area contributed by atoms with Gasteiger partial charge in [0.2, 0.25) is 5.91 Å². The molecule has 0 saturated carbocycles. The molecule has 3 aromatic rings. The lowest BCUT2D eigenvalue weighted by atomic mass is 10.1. The minimum atomic E-state index is -0.372. The molecule has 0 bridgehead atoms. The quantitative estimate of drug-likeness (QED) is 0.794. The molecule has 0 aliphatic heterocycles. The van der Waals surface area contributed by atoms with Gasteiger partial charge in [0.15, 0.2) is 0 Å². The van der Waals surface area contributed by atoms with E-state index in [1.165, 1.54) is 6.07 Å². The number of aromatic nitrogens is 2. The van der Waals surface area contributed by atoms with Gasteiger partial charge >= 0.3 is 0 Å². The van der Waals surface area contributed by atoms with Gasteiger partial charge in [0.25, 0.3) is 5.56 Å². The maximum Gasteiger partial charge on any atom is 0.267 e. The Morgan fingerprint density at radius 2 is 1.71 bits per heavy atom. The van der Waals surface area contributed by atoms with Crippen molar-refractivity contribution in [2.24, 2.45) is 0 Å². The third-order valence-corrected chi connectivity index (χ3v) is 3.71. The smallest absolute Gasteiger partial charge is 0.267 e. The monoisotopic (exact) mass is 339 g/mol. The second-order valence-corrected chi connectivity index (χ2v) is 5.52. The van der Waals surface area contributed by atoms with E-state index in [-0.39, 0.29) is 18.0 Å². The molecule has 6 heteroatoms. The van der Waals surface area contributed by atoms with Gasteiger partial charge in [0.1, 0.15) is 6.54 Å². The Labute approximate surface area is 143 Å². The molecule has 24 heavy (non-hydrogen) atoms. The van der Waals surface area contributed by atoms with Crippen molar-refractivity contribution in [3.05, 3.63) is 82.1 Å². The number of nitrogens with zero attached hydrogens (tertiary/aromatic N) is 2. The number of hydrogen-bond donors (Lipinski definition) is 1. The normalized spacial score (nSPS) is 10.4. The summed E-state index contributed by atoms with van der Waals surface area (Å²) in [4.78, 5) is 24.1. The number of carbonyl (C=O) groups is 1. The number of benzene rings is 2. The standard InChI is InChI=1S/C18H14ClN3O2/c19-14-8-4-5-9-16(14)20-17(23)12-22-18(24)11-10-15(21-22)13-6-2-1-3-7-13/h1-11H,12H2,(H,20,23). The molecule has 0 unspecified atom stereocenters. The summed E-state index contributed by atoms with van der Waals surface area (Å²) >= 11 is 6.01. The van der Waals surface area contributed by atoms with Crippen molar-refractivity contribution in [2.75, 3.05) is 5.32 Å². The number of para-hydroxylation sites is 1. The van der Waals surface area contributed by atoms with Crippen LogP contribution in [0.15, 0.2) is 71.5 Å². The molecule has 2 aromatic carbocycles. The van der Waals surface area contributed by atoms with Crippen LogP contribution in [-0.2, 0) is 11.3 Å². The summed E-state index contributed by atoms with van der Waals surface area (Å²) in [7, 11) is 0. The van der Waals surface area contributed by atoms with E-state index in [0.717, 1.165) is 10.2 Å². The molecule has 3 rings (SSSR count). The lowest BCUT2D eigenvalue weighted by Crippen LogP contribution is -2.29. The van der Waals surface area contributed by atoms with Gasteiger partial charge in [-0.1, -0.05) is 54.1 Å². The molecule has 1 heterocycles. The molecule has 0 atom stereocenters. The van der Waals surface area contributed by atoms with Crippen molar-refractivity contribution in [1.82, 2.24) is 9.78 Å². The minimum Gasteiger partial charge on any atom is -0.323 e. The van der Waals surface area contributed by atoms with Crippen molar-refractivity contribution < 1.29 is 4.79 Å². The summed E-state index contributed by atoms with van der Waals surface area (Å²) in [5.74, 6) is -0.372. The van der Waals surface area contributed by atoms with Gasteiger partial charge in [-0.3, -0.25) is 9.59 Å². The van der Waals surface area contributed by atoms with Crippen molar-refractivity contribution in [1.29, 1.82) is 0 Å². The predicted molar refractivity (Wildman–Crippen MR) is 94.0 cm³/mol. The van der Waals surface area contributed by atoms with Crippen LogP contribution in [0.25, 0.3) is 11.3 Å². The van der Waals surface area contributed by atoms with Crippen LogP contribution in [0.4, 0.5) is 5.69 Å². The number of rotatable bonds is 4. The fourth-order valence-electron chi connectivity index (χ4n) is 2.21. The number of halogens is 1. The van der Waals surface area contributed by atoms with E-state index in [0.29, 0.717) is 16.4 Å². The zero-order valence-electron chi connectivity index (χ0n) is 12.6. The molecule has 0 spiro atoms. The molecular formula is C18H14ClN3O2. The van der Waals surface area contributed by atoms with Crippen molar-refractivity contribution in [2.45, 2.75) is 6.54 Å². The van der Waals surface area contributed by atoms with E-state index < -0.39 is 0 Å². The van der Waals surface area contributed by atoms with Gasteiger partial charge in [-0.2, -0.15) is 5.10 Å². The highest BCUT2D eigenvalue weighted by atomic mass is 35.5. The number of carbonyl (C=O) groups excluding carboxylic acids is 1. The molecule has 1 amide bonds. The Morgan fingerprint density at radius 3 is 2.46 bits per heavy atom. The molecule has 0 aliphatic rings. The summed E-state index contributed by atoms with van der Waals surface area (Å²) in [6.07, 6.45) is 0. The topological polar surface area (TPSA) is 64.0 Å². The van der Waals surface area contributed by atoms with Crippen LogP contribution in [0.2, 0.25) is 5.02 Å². The molecule has 0 fully saturated rings. The second kappa shape index (κ2) is 7.10. The average molecular weight is 340 g/mol. The van der Waals surface area contributed by atoms with E-state index in [1.54, 1.807) is 30.3 Å². The maximum atomic E-state index is 12.2. The van der Waals surface area contributed by atoms with Gasteiger partial charge < -0.3 is 5.32 Å². The second-order valence-electron chi connectivity index (χ2n) is 5.11. The number of amides is 1. The van der Waals surface area contributed by atoms with Crippen LogP contribution in [0, 0.1) is 0 Å². The number of hydrogen-bond acceptors (Lipinski definition) is 3. The molecule has 120 valence electrons. The number of nitrogens with one attached hydrogen (secondary N) is 1. The van der Waals surface area contributed by atoms with Crippen LogP contribution < -0.4 is 10.9 Å². The molecule has 0 radical (unpaired) electrons. The van der Waals surface area contributed by atoms with Crippen LogP contribution in [0.5, 0.6) is 0 Å². The van der Waals surface area contributed by atoms with E-state index in [1.807, 2.05) is 30.3 Å². The van der Waals surface area contributed by atoms with E-state index in [2.05, 4.69) is 10.4 Å². The molecule has 5 nitrogen and oxygen atoms in total. The summed E-state index contributed by atoms with van der Waals surface area (Å²) in [5, 5.41) is 7.37. The largest absolute Gasteiger partial charge is 0.323 e. The predicted octanol–water partition coefficient (Wildman–Crippen LogP) is 3.20. The fraction of sp³-hybridized carbons (Fsp3) is 0.0556. The van der Waals surface area contributed by atoms with Crippen LogP contribution in [-0.4, -0.2) is 15.7 Å². The molecule has 0 saturated heterocycles. The summed E-state index contributed by atoms with van der Waals surface area (Å²) in [5.41, 5.74) is 1.65. The van der Waals surface area contributed by atoms with Crippen molar-refractivity contribution >= 4 is 23.2 Å². The molecule has 0 aliphatic carbocycles. The highest BCUT2D eigenvalue weighted by Gasteiger charge is 2.09. The Balaban J connectivity index is 1.81. The maximum absolute atomic E-state index is 12.2. The first-order chi connectivity index (χ1) is 11.6.